The number of aliphatic carboxylic acids is 1. The molecule has 6 nitrogen and oxygen atoms in total. The summed E-state index contributed by atoms with van der Waals surface area (Å²) in [6, 6.07) is 4.65. The van der Waals surface area contributed by atoms with E-state index in [4.69, 9.17) is 10.2 Å². The molecule has 106 valence electrons. The largest absolute Gasteiger partial charge is 0.480 e. The number of nitrogens with zero attached hydrogens (tertiary/aromatic N) is 1. The fourth-order valence-corrected chi connectivity index (χ4v) is 2.06. The van der Waals surface area contributed by atoms with Gasteiger partial charge in [-0.15, -0.1) is 0 Å². The molecule has 0 bridgehead atoms. The first kappa shape index (κ1) is 14.0. The number of carbonyl (C=O) groups is 3. The summed E-state index contributed by atoms with van der Waals surface area (Å²) in [5.41, 5.74) is 0.208. The van der Waals surface area contributed by atoms with Crippen molar-refractivity contribution in [3.8, 4) is 0 Å². The SMILES string of the molecule is CC(C(=O)O)N(C(=O)c1cccc(C(=O)O)c1)C1CC1. The van der Waals surface area contributed by atoms with E-state index in [1.165, 1.54) is 36.1 Å². The molecule has 1 saturated carbocycles. The van der Waals surface area contributed by atoms with Gasteiger partial charge in [-0.3, -0.25) is 4.79 Å². The molecule has 0 heterocycles. The van der Waals surface area contributed by atoms with Gasteiger partial charge in [0.15, 0.2) is 0 Å². The van der Waals surface area contributed by atoms with E-state index in [1.54, 1.807) is 0 Å². The summed E-state index contributed by atoms with van der Waals surface area (Å²) in [7, 11) is 0. The first-order chi connectivity index (χ1) is 9.41. The molecule has 0 aliphatic heterocycles. The molecule has 2 N–H and O–H groups in total. The Morgan fingerprint density at radius 2 is 1.80 bits per heavy atom. The molecule has 1 aliphatic rings. The van der Waals surface area contributed by atoms with Gasteiger partial charge in [-0.2, -0.15) is 0 Å². The van der Waals surface area contributed by atoms with Crippen molar-refractivity contribution in [2.24, 2.45) is 0 Å². The van der Waals surface area contributed by atoms with Crippen molar-refractivity contribution in [1.82, 2.24) is 4.90 Å². The third-order valence-electron chi connectivity index (χ3n) is 3.31. The van der Waals surface area contributed by atoms with Crippen LogP contribution in [0.5, 0.6) is 0 Å². The minimum absolute atomic E-state index is 0.00887. The quantitative estimate of drug-likeness (QED) is 0.849. The summed E-state index contributed by atoms with van der Waals surface area (Å²) in [6.45, 7) is 1.46. The van der Waals surface area contributed by atoms with Crippen LogP contribution in [0.1, 0.15) is 40.5 Å². The Balaban J connectivity index is 2.30. The Morgan fingerprint density at radius 3 is 2.30 bits per heavy atom. The normalized spacial score (nSPS) is 15.4. The van der Waals surface area contributed by atoms with Gasteiger partial charge in [0.05, 0.1) is 5.56 Å². The molecule has 6 heteroatoms. The number of hydrogen-bond donors (Lipinski definition) is 2. The number of rotatable bonds is 5. The Hall–Kier alpha value is -2.37. The fourth-order valence-electron chi connectivity index (χ4n) is 2.06. The van der Waals surface area contributed by atoms with Crippen molar-refractivity contribution in [2.75, 3.05) is 0 Å². The summed E-state index contributed by atoms with van der Waals surface area (Å²) in [6.07, 6.45) is 1.56. The van der Waals surface area contributed by atoms with E-state index in [-0.39, 0.29) is 17.2 Å². The lowest BCUT2D eigenvalue weighted by molar-refractivity contribution is -0.141. The zero-order chi connectivity index (χ0) is 14.9. The van der Waals surface area contributed by atoms with Crippen molar-refractivity contribution in [3.63, 3.8) is 0 Å². The van der Waals surface area contributed by atoms with Gasteiger partial charge in [-0.25, -0.2) is 9.59 Å². The van der Waals surface area contributed by atoms with E-state index < -0.39 is 23.9 Å². The monoisotopic (exact) mass is 277 g/mol. The van der Waals surface area contributed by atoms with Gasteiger partial charge in [0.1, 0.15) is 6.04 Å². The molecule has 0 radical (unpaired) electrons. The zero-order valence-corrected chi connectivity index (χ0v) is 10.9. The van der Waals surface area contributed by atoms with E-state index in [2.05, 4.69) is 0 Å². The standard InChI is InChI=1S/C14H15NO5/c1-8(13(17)18)15(11-5-6-11)12(16)9-3-2-4-10(7-9)14(19)20/h2-4,7-8,11H,5-6H2,1H3,(H,17,18)(H,19,20). The fraction of sp³-hybridized carbons (Fsp3) is 0.357. The second-order valence-electron chi connectivity index (χ2n) is 4.84. The predicted molar refractivity (Wildman–Crippen MR) is 69.7 cm³/mol. The van der Waals surface area contributed by atoms with Gasteiger partial charge in [-0.05, 0) is 38.0 Å². The third-order valence-corrected chi connectivity index (χ3v) is 3.31. The van der Waals surface area contributed by atoms with Crippen LogP contribution < -0.4 is 0 Å². The maximum Gasteiger partial charge on any atom is 0.335 e. The molecule has 1 amide bonds. The van der Waals surface area contributed by atoms with Crippen LogP contribution in [0.25, 0.3) is 0 Å². The highest BCUT2D eigenvalue weighted by Gasteiger charge is 2.38. The summed E-state index contributed by atoms with van der Waals surface area (Å²) in [5, 5.41) is 18.0. The minimum atomic E-state index is -1.12. The first-order valence-electron chi connectivity index (χ1n) is 6.30. The van der Waals surface area contributed by atoms with Crippen molar-refractivity contribution in [1.29, 1.82) is 0 Å². The first-order valence-corrected chi connectivity index (χ1v) is 6.30. The van der Waals surface area contributed by atoms with Crippen molar-refractivity contribution < 1.29 is 24.6 Å². The molecule has 20 heavy (non-hydrogen) atoms. The summed E-state index contributed by atoms with van der Waals surface area (Å²) in [4.78, 5) is 35.8. The van der Waals surface area contributed by atoms with E-state index in [9.17, 15) is 14.4 Å². The van der Waals surface area contributed by atoms with Crippen molar-refractivity contribution in [3.05, 3.63) is 35.4 Å². The highest BCUT2D eigenvalue weighted by atomic mass is 16.4. The van der Waals surface area contributed by atoms with Gasteiger partial charge in [0.25, 0.3) is 5.91 Å². The highest BCUT2D eigenvalue weighted by Crippen LogP contribution is 2.30. The van der Waals surface area contributed by atoms with Crippen LogP contribution in [-0.4, -0.2) is 45.0 Å². The van der Waals surface area contributed by atoms with Crippen LogP contribution in [0.15, 0.2) is 24.3 Å². The van der Waals surface area contributed by atoms with E-state index >= 15 is 0 Å². The maximum atomic E-state index is 12.4. The summed E-state index contributed by atoms with van der Waals surface area (Å²) < 4.78 is 0. The smallest absolute Gasteiger partial charge is 0.335 e. The molecule has 0 spiro atoms. The molecule has 1 aromatic rings. The number of aromatic carboxylic acids is 1. The van der Waals surface area contributed by atoms with Crippen LogP contribution >= 0.6 is 0 Å². The van der Waals surface area contributed by atoms with E-state index in [1.807, 2.05) is 0 Å². The van der Waals surface area contributed by atoms with Crippen molar-refractivity contribution >= 4 is 17.8 Å². The van der Waals surface area contributed by atoms with Crippen LogP contribution in [0.3, 0.4) is 0 Å². The Kier molecular flexibility index (Phi) is 3.74. The van der Waals surface area contributed by atoms with E-state index in [0.717, 1.165) is 12.8 Å². The topological polar surface area (TPSA) is 94.9 Å². The van der Waals surface area contributed by atoms with Crippen LogP contribution in [0, 0.1) is 0 Å². The second-order valence-corrected chi connectivity index (χ2v) is 4.84. The molecule has 0 aromatic heterocycles. The van der Waals surface area contributed by atoms with Crippen LogP contribution in [0.2, 0.25) is 0 Å². The highest BCUT2D eigenvalue weighted by molar-refractivity contribution is 5.99. The molecule has 1 aromatic carbocycles. The Bertz CT molecular complexity index is 564. The number of carbonyl (C=O) groups excluding carboxylic acids is 1. The lowest BCUT2D eigenvalue weighted by atomic mass is 10.1. The summed E-state index contributed by atoms with van der Waals surface area (Å²) >= 11 is 0. The lowest BCUT2D eigenvalue weighted by Gasteiger charge is -2.26. The van der Waals surface area contributed by atoms with Gasteiger partial charge in [-0.1, -0.05) is 6.07 Å². The minimum Gasteiger partial charge on any atom is -0.480 e. The predicted octanol–water partition coefficient (Wildman–Crippen LogP) is 1.46. The molecule has 1 atom stereocenters. The third kappa shape index (κ3) is 2.79. The second kappa shape index (κ2) is 5.32. The average molecular weight is 277 g/mol. The van der Waals surface area contributed by atoms with Crippen LogP contribution in [-0.2, 0) is 4.79 Å². The number of hydrogen-bond acceptors (Lipinski definition) is 3. The number of carboxylic acids is 2. The van der Waals surface area contributed by atoms with Gasteiger partial charge in [0.2, 0.25) is 0 Å². The molecule has 1 aliphatic carbocycles. The number of amides is 1. The molecular weight excluding hydrogens is 262 g/mol. The molecule has 1 fully saturated rings. The number of benzene rings is 1. The Morgan fingerprint density at radius 1 is 1.20 bits per heavy atom. The zero-order valence-electron chi connectivity index (χ0n) is 10.9. The van der Waals surface area contributed by atoms with Crippen LogP contribution in [0.4, 0.5) is 0 Å². The Labute approximate surface area is 115 Å². The number of carboxylic acid groups (broad SMARTS) is 2. The van der Waals surface area contributed by atoms with E-state index in [0.29, 0.717) is 0 Å². The molecule has 2 rings (SSSR count). The van der Waals surface area contributed by atoms with Gasteiger partial charge in [0, 0.05) is 11.6 Å². The van der Waals surface area contributed by atoms with Gasteiger partial charge >= 0.3 is 11.9 Å². The van der Waals surface area contributed by atoms with Crippen molar-refractivity contribution in [2.45, 2.75) is 31.8 Å². The average Bonchev–Trinajstić information content (AvgIpc) is 3.23. The lowest BCUT2D eigenvalue weighted by Crippen LogP contribution is -2.44. The summed E-state index contributed by atoms with van der Waals surface area (Å²) in [5.74, 6) is -2.63. The van der Waals surface area contributed by atoms with Gasteiger partial charge < -0.3 is 15.1 Å². The maximum absolute atomic E-state index is 12.4. The molecule has 0 saturated heterocycles. The molecular formula is C14H15NO5. The molecule has 1 unspecified atom stereocenters.